The van der Waals surface area contributed by atoms with Gasteiger partial charge in [-0.3, -0.25) is 9.27 Å². The number of hydrogen-bond acceptors (Lipinski definition) is 3. The zero-order valence-corrected chi connectivity index (χ0v) is 10.1. The van der Waals surface area contributed by atoms with Crippen LogP contribution in [0.4, 0.5) is 5.69 Å². The summed E-state index contributed by atoms with van der Waals surface area (Å²) in [5, 5.41) is 0. The average Bonchev–Trinajstić information content (AvgIpc) is 2.31. The lowest BCUT2D eigenvalue weighted by molar-refractivity contribution is 0.482. The largest absolute Gasteiger partial charge is 0.457 e. The lowest BCUT2D eigenvalue weighted by atomic mass is 10.3. The highest BCUT2D eigenvalue weighted by Gasteiger charge is 2.03. The molecule has 5 nitrogen and oxygen atoms in total. The van der Waals surface area contributed by atoms with Crippen LogP contribution in [0.2, 0.25) is 0 Å². The summed E-state index contributed by atoms with van der Waals surface area (Å²) in [5.41, 5.74) is 0.262. The van der Waals surface area contributed by atoms with Gasteiger partial charge in [0.1, 0.15) is 11.5 Å². The highest BCUT2D eigenvalue weighted by atomic mass is 32.2. The van der Waals surface area contributed by atoms with Crippen LogP contribution in [0.1, 0.15) is 0 Å². The van der Waals surface area contributed by atoms with Crippen LogP contribution in [0.25, 0.3) is 0 Å². The van der Waals surface area contributed by atoms with Gasteiger partial charge in [-0.15, -0.1) is 0 Å². The van der Waals surface area contributed by atoms with Gasteiger partial charge in [-0.05, 0) is 36.4 Å². The van der Waals surface area contributed by atoms with E-state index in [-0.39, 0.29) is 5.69 Å². The summed E-state index contributed by atoms with van der Waals surface area (Å²) < 4.78 is 37.3. The van der Waals surface area contributed by atoms with Crippen LogP contribution in [0.5, 0.6) is 11.5 Å². The molecule has 0 bridgehead atoms. The SMILES string of the molecule is O=S(=O)(O)Nc1ccc(Oc2ccccc2)cc1. The minimum Gasteiger partial charge on any atom is -0.457 e. The Hall–Kier alpha value is -2.05. The summed E-state index contributed by atoms with van der Waals surface area (Å²) in [5.74, 6) is 1.26. The molecule has 6 heteroatoms. The summed E-state index contributed by atoms with van der Waals surface area (Å²) in [6.45, 7) is 0. The highest BCUT2D eigenvalue weighted by molar-refractivity contribution is 7.87. The molecule has 0 saturated heterocycles. The quantitative estimate of drug-likeness (QED) is 0.833. The molecule has 2 aromatic rings. The molecule has 2 N–H and O–H groups in total. The monoisotopic (exact) mass is 265 g/mol. The lowest BCUT2D eigenvalue weighted by Crippen LogP contribution is -2.09. The molecule has 0 heterocycles. The third kappa shape index (κ3) is 3.76. The first-order valence-electron chi connectivity index (χ1n) is 5.11. The van der Waals surface area contributed by atoms with Crippen LogP contribution in [0.3, 0.4) is 0 Å². The van der Waals surface area contributed by atoms with Crippen molar-refractivity contribution in [2.24, 2.45) is 0 Å². The van der Waals surface area contributed by atoms with Gasteiger partial charge in [0.25, 0.3) is 0 Å². The second-order valence-electron chi connectivity index (χ2n) is 3.52. The number of benzene rings is 2. The van der Waals surface area contributed by atoms with Gasteiger partial charge >= 0.3 is 10.3 Å². The van der Waals surface area contributed by atoms with E-state index < -0.39 is 10.3 Å². The van der Waals surface area contributed by atoms with Gasteiger partial charge in [0.05, 0.1) is 5.69 Å². The predicted octanol–water partition coefficient (Wildman–Crippen LogP) is 2.69. The van der Waals surface area contributed by atoms with Crippen LogP contribution < -0.4 is 9.46 Å². The summed E-state index contributed by atoms with van der Waals surface area (Å²) in [7, 11) is -4.24. The molecular formula is C12H11NO4S. The van der Waals surface area contributed by atoms with Gasteiger partial charge in [0, 0.05) is 0 Å². The lowest BCUT2D eigenvalue weighted by Gasteiger charge is -2.06. The summed E-state index contributed by atoms with van der Waals surface area (Å²) >= 11 is 0. The Balaban J connectivity index is 2.09. The van der Waals surface area contributed by atoms with E-state index >= 15 is 0 Å². The Kier molecular flexibility index (Phi) is 3.50. The second kappa shape index (κ2) is 5.07. The first-order chi connectivity index (χ1) is 8.53. The molecule has 0 aliphatic heterocycles. The van der Waals surface area contributed by atoms with Crippen molar-refractivity contribution < 1.29 is 17.7 Å². The zero-order valence-electron chi connectivity index (χ0n) is 9.28. The minimum absolute atomic E-state index is 0.262. The van der Waals surface area contributed by atoms with Gasteiger partial charge in [0.15, 0.2) is 0 Å². The van der Waals surface area contributed by atoms with Crippen molar-refractivity contribution in [3.05, 3.63) is 54.6 Å². The molecule has 0 fully saturated rings. The van der Waals surface area contributed by atoms with Crippen molar-refractivity contribution in [2.45, 2.75) is 0 Å². The van der Waals surface area contributed by atoms with Crippen LogP contribution in [0.15, 0.2) is 54.6 Å². The molecule has 0 atom stereocenters. The Morgan fingerprint density at radius 1 is 0.889 bits per heavy atom. The number of hydrogen-bond donors (Lipinski definition) is 2. The normalized spacial score (nSPS) is 10.9. The van der Waals surface area contributed by atoms with E-state index in [2.05, 4.69) is 0 Å². The first kappa shape index (κ1) is 12.4. The van der Waals surface area contributed by atoms with Gasteiger partial charge in [0.2, 0.25) is 0 Å². The topological polar surface area (TPSA) is 75.6 Å². The van der Waals surface area contributed by atoms with Crippen molar-refractivity contribution in [3.63, 3.8) is 0 Å². The van der Waals surface area contributed by atoms with E-state index in [1.54, 1.807) is 12.1 Å². The Labute approximate surface area is 105 Å². The van der Waals surface area contributed by atoms with E-state index in [9.17, 15) is 8.42 Å². The van der Waals surface area contributed by atoms with Gasteiger partial charge in [-0.2, -0.15) is 8.42 Å². The molecule has 18 heavy (non-hydrogen) atoms. The maximum Gasteiger partial charge on any atom is 0.357 e. The predicted molar refractivity (Wildman–Crippen MR) is 68.1 cm³/mol. The summed E-state index contributed by atoms with van der Waals surface area (Å²) in [6, 6.07) is 15.4. The van der Waals surface area contributed by atoms with Crippen molar-refractivity contribution in [2.75, 3.05) is 4.72 Å². The van der Waals surface area contributed by atoms with E-state index in [1.807, 2.05) is 35.1 Å². The molecule has 0 aliphatic rings. The average molecular weight is 265 g/mol. The van der Waals surface area contributed by atoms with Gasteiger partial charge in [-0.1, -0.05) is 18.2 Å². The fourth-order valence-electron chi connectivity index (χ4n) is 1.36. The van der Waals surface area contributed by atoms with Crippen LogP contribution in [0, 0.1) is 0 Å². The number of anilines is 1. The highest BCUT2D eigenvalue weighted by Crippen LogP contribution is 2.22. The van der Waals surface area contributed by atoms with Crippen LogP contribution >= 0.6 is 0 Å². The molecular weight excluding hydrogens is 254 g/mol. The second-order valence-corrected chi connectivity index (χ2v) is 4.67. The van der Waals surface area contributed by atoms with Gasteiger partial charge in [-0.25, -0.2) is 0 Å². The molecule has 0 radical (unpaired) electrons. The third-order valence-corrected chi connectivity index (χ3v) is 2.57. The molecule has 0 aromatic heterocycles. The molecule has 2 aromatic carbocycles. The molecule has 0 aliphatic carbocycles. The van der Waals surface area contributed by atoms with E-state index in [4.69, 9.17) is 9.29 Å². The maximum absolute atomic E-state index is 10.6. The van der Waals surface area contributed by atoms with E-state index in [0.29, 0.717) is 11.5 Å². The Bertz CT molecular complexity index is 608. The summed E-state index contributed by atoms with van der Waals surface area (Å²) in [6.07, 6.45) is 0. The number of ether oxygens (including phenoxy) is 1. The van der Waals surface area contributed by atoms with Gasteiger partial charge < -0.3 is 4.74 Å². The molecule has 0 saturated carbocycles. The van der Waals surface area contributed by atoms with Crippen molar-refractivity contribution in [3.8, 4) is 11.5 Å². The maximum atomic E-state index is 10.6. The fourth-order valence-corrected chi connectivity index (χ4v) is 1.80. The first-order valence-corrected chi connectivity index (χ1v) is 6.55. The third-order valence-electron chi connectivity index (χ3n) is 2.08. The molecule has 94 valence electrons. The number of rotatable bonds is 4. The van der Waals surface area contributed by atoms with Crippen molar-refractivity contribution >= 4 is 16.0 Å². The van der Waals surface area contributed by atoms with Crippen molar-refractivity contribution in [1.82, 2.24) is 0 Å². The standard InChI is InChI=1S/C12H11NO4S/c14-18(15,16)13-10-6-8-12(9-7-10)17-11-4-2-1-3-5-11/h1-9,13H,(H,14,15,16). The number of para-hydroxylation sites is 1. The minimum atomic E-state index is -4.24. The molecule has 0 spiro atoms. The Morgan fingerprint density at radius 2 is 1.44 bits per heavy atom. The number of nitrogens with one attached hydrogen (secondary N) is 1. The van der Waals surface area contributed by atoms with Crippen LogP contribution in [-0.2, 0) is 10.3 Å². The van der Waals surface area contributed by atoms with Crippen molar-refractivity contribution in [1.29, 1.82) is 0 Å². The van der Waals surface area contributed by atoms with Crippen LogP contribution in [-0.4, -0.2) is 13.0 Å². The Morgan fingerprint density at radius 3 is 2.00 bits per heavy atom. The van der Waals surface area contributed by atoms with E-state index in [0.717, 1.165) is 0 Å². The molecule has 2 rings (SSSR count). The zero-order chi connectivity index (χ0) is 13.0. The van der Waals surface area contributed by atoms with E-state index in [1.165, 1.54) is 12.1 Å². The molecule has 0 amide bonds. The fraction of sp³-hybridized carbons (Fsp3) is 0. The smallest absolute Gasteiger partial charge is 0.357 e. The molecule has 0 unspecified atom stereocenters. The summed E-state index contributed by atoms with van der Waals surface area (Å²) in [4.78, 5) is 0.